The highest BCUT2D eigenvalue weighted by atomic mass is 32.1. The first-order valence-electron chi connectivity index (χ1n) is 7.15. The monoisotopic (exact) mass is 319 g/mol. The summed E-state index contributed by atoms with van der Waals surface area (Å²) in [6, 6.07) is 7.21. The first kappa shape index (κ1) is 14.9. The maximum Gasteiger partial charge on any atom is 0.284 e. The molecule has 2 atom stereocenters. The van der Waals surface area contributed by atoms with Crippen molar-refractivity contribution in [3.63, 3.8) is 0 Å². The molecular weight excluding hydrogens is 302 g/mol. The predicted octanol–water partition coefficient (Wildman–Crippen LogP) is 2.65. The van der Waals surface area contributed by atoms with Crippen molar-refractivity contribution in [1.82, 2.24) is 15.1 Å². The third-order valence-corrected chi connectivity index (χ3v) is 4.14. The van der Waals surface area contributed by atoms with Crippen molar-refractivity contribution < 1.29 is 13.9 Å². The average molecular weight is 319 g/mol. The topological polar surface area (TPSA) is 71.4 Å². The average Bonchev–Trinajstić information content (AvgIpc) is 2.96. The van der Waals surface area contributed by atoms with Gasteiger partial charge in [-0.3, -0.25) is 4.79 Å². The van der Waals surface area contributed by atoms with Crippen LogP contribution in [0.2, 0.25) is 0 Å². The fourth-order valence-electron chi connectivity index (χ4n) is 2.49. The normalized spacial score (nSPS) is 21.8. The molecule has 0 saturated carbocycles. The lowest BCUT2D eigenvalue weighted by atomic mass is 10.1. The van der Waals surface area contributed by atoms with Crippen molar-refractivity contribution in [1.29, 1.82) is 0 Å². The van der Waals surface area contributed by atoms with Gasteiger partial charge in [0.15, 0.2) is 0 Å². The summed E-state index contributed by atoms with van der Waals surface area (Å²) < 4.78 is 10.8. The van der Waals surface area contributed by atoms with Gasteiger partial charge < -0.3 is 14.1 Å². The van der Waals surface area contributed by atoms with Crippen molar-refractivity contribution in [3.8, 4) is 11.5 Å². The molecule has 0 bridgehead atoms. The zero-order valence-corrected chi connectivity index (χ0v) is 13.2. The number of morpholine rings is 1. The van der Waals surface area contributed by atoms with E-state index in [4.69, 9.17) is 21.4 Å². The van der Waals surface area contributed by atoms with Crippen LogP contribution in [0.25, 0.3) is 11.5 Å². The Morgan fingerprint density at radius 3 is 2.73 bits per heavy atom. The Bertz CT molecular complexity index is 722. The van der Waals surface area contributed by atoms with Gasteiger partial charge in [-0.05, 0) is 50.3 Å². The Hall–Kier alpha value is -1.99. The smallest absolute Gasteiger partial charge is 0.284 e. The molecule has 6 nitrogen and oxygen atoms in total. The van der Waals surface area contributed by atoms with Crippen LogP contribution in [0, 0.1) is 4.84 Å². The Balaban J connectivity index is 1.80. The van der Waals surface area contributed by atoms with Crippen LogP contribution in [0.3, 0.4) is 0 Å². The molecule has 2 heterocycles. The molecule has 1 fully saturated rings. The van der Waals surface area contributed by atoms with E-state index < -0.39 is 0 Å². The highest BCUT2D eigenvalue weighted by Crippen LogP contribution is 2.20. The number of carbonyl (C=O) groups excluding carboxylic acids is 1. The van der Waals surface area contributed by atoms with E-state index in [9.17, 15) is 4.79 Å². The van der Waals surface area contributed by atoms with E-state index in [0.29, 0.717) is 24.6 Å². The summed E-state index contributed by atoms with van der Waals surface area (Å²) >= 11 is 4.85. The van der Waals surface area contributed by atoms with Gasteiger partial charge in [0.25, 0.3) is 10.7 Å². The number of nitrogens with one attached hydrogen (secondary N) is 1. The molecule has 1 amide bonds. The van der Waals surface area contributed by atoms with Gasteiger partial charge in [0, 0.05) is 17.7 Å². The van der Waals surface area contributed by atoms with Gasteiger partial charge in [-0.2, -0.15) is 0 Å². The summed E-state index contributed by atoms with van der Waals surface area (Å²) in [6.07, 6.45) is 0.0466. The summed E-state index contributed by atoms with van der Waals surface area (Å²) in [7, 11) is 0. The molecule has 0 aliphatic carbocycles. The molecule has 3 rings (SSSR count). The first-order chi connectivity index (χ1) is 10.6. The van der Waals surface area contributed by atoms with Crippen molar-refractivity contribution in [2.24, 2.45) is 0 Å². The summed E-state index contributed by atoms with van der Waals surface area (Å²) in [5.41, 5.74) is 1.41. The highest BCUT2D eigenvalue weighted by Gasteiger charge is 2.29. The largest absolute Gasteiger partial charge is 0.409 e. The van der Waals surface area contributed by atoms with E-state index in [2.05, 4.69) is 10.2 Å². The molecule has 1 aromatic carbocycles. The number of hydrogen-bond acceptors (Lipinski definition) is 5. The van der Waals surface area contributed by atoms with Gasteiger partial charge in [-0.25, -0.2) is 5.10 Å². The van der Waals surface area contributed by atoms with Crippen LogP contribution >= 0.6 is 12.2 Å². The molecule has 1 aliphatic rings. The third kappa shape index (κ3) is 2.82. The fraction of sp³-hybridized carbons (Fsp3) is 0.400. The lowest BCUT2D eigenvalue weighted by Gasteiger charge is -2.37. The van der Waals surface area contributed by atoms with Gasteiger partial charge >= 0.3 is 0 Å². The molecule has 1 aliphatic heterocycles. The zero-order valence-electron chi connectivity index (χ0n) is 12.4. The number of hydrogen-bond donors (Lipinski definition) is 1. The second-order valence-electron chi connectivity index (χ2n) is 5.31. The van der Waals surface area contributed by atoms with E-state index in [0.717, 1.165) is 5.56 Å². The standard InChI is InChI=1S/C15H17N3O3S/c1-9-10(2)20-8-7-18(9)14(19)12-5-3-11(4-6-12)13-16-17-15(22)21-13/h3-6,9-10H,7-8H2,1-2H3,(H,17,22)/t9-,10-/m1/s1. The Morgan fingerprint density at radius 1 is 1.36 bits per heavy atom. The van der Waals surface area contributed by atoms with E-state index >= 15 is 0 Å². The molecule has 0 spiro atoms. The predicted molar refractivity (Wildman–Crippen MR) is 83.0 cm³/mol. The molecule has 116 valence electrons. The fourth-order valence-corrected chi connectivity index (χ4v) is 2.62. The second-order valence-corrected chi connectivity index (χ2v) is 5.68. The van der Waals surface area contributed by atoms with E-state index in [1.54, 1.807) is 24.3 Å². The molecule has 0 unspecified atom stereocenters. The molecule has 1 aromatic heterocycles. The minimum atomic E-state index is 0.0112. The lowest BCUT2D eigenvalue weighted by Crippen LogP contribution is -2.51. The summed E-state index contributed by atoms with van der Waals surface area (Å²) in [4.78, 5) is 14.7. The van der Waals surface area contributed by atoms with Crippen LogP contribution in [-0.2, 0) is 4.74 Å². The maximum atomic E-state index is 12.6. The number of nitrogens with zero attached hydrogens (tertiary/aromatic N) is 2. The molecule has 1 saturated heterocycles. The van der Waals surface area contributed by atoms with Crippen LogP contribution in [0.15, 0.2) is 28.7 Å². The molecule has 7 heteroatoms. The van der Waals surface area contributed by atoms with Crippen LogP contribution in [0.1, 0.15) is 24.2 Å². The Kier molecular flexibility index (Phi) is 4.08. The van der Waals surface area contributed by atoms with Gasteiger partial charge in [0.05, 0.1) is 18.8 Å². The molecule has 0 radical (unpaired) electrons. The lowest BCUT2D eigenvalue weighted by molar-refractivity contribution is -0.0440. The number of ether oxygens (including phenoxy) is 1. The van der Waals surface area contributed by atoms with E-state index in [1.165, 1.54) is 0 Å². The second kappa shape index (κ2) is 6.02. The van der Waals surface area contributed by atoms with Crippen LogP contribution in [-0.4, -0.2) is 46.3 Å². The van der Waals surface area contributed by atoms with Crippen LogP contribution in [0.5, 0.6) is 0 Å². The van der Waals surface area contributed by atoms with E-state index in [-0.39, 0.29) is 22.9 Å². The number of aromatic nitrogens is 2. The Labute approximate surface area is 133 Å². The highest BCUT2D eigenvalue weighted by molar-refractivity contribution is 7.71. The summed E-state index contributed by atoms with van der Waals surface area (Å²) in [5.74, 6) is 0.425. The molecule has 22 heavy (non-hydrogen) atoms. The SMILES string of the molecule is C[C@@H]1[C@@H](C)OCCN1C(=O)c1ccc(-c2n[nH]c(=S)o2)cc1. The summed E-state index contributed by atoms with van der Waals surface area (Å²) in [6.45, 7) is 5.17. The zero-order chi connectivity index (χ0) is 15.7. The number of amides is 1. The molecule has 1 N–H and O–H groups in total. The van der Waals surface area contributed by atoms with Crippen molar-refractivity contribution in [2.45, 2.75) is 26.0 Å². The third-order valence-electron chi connectivity index (χ3n) is 3.96. The Morgan fingerprint density at radius 2 is 2.09 bits per heavy atom. The molecule has 2 aromatic rings. The van der Waals surface area contributed by atoms with Crippen molar-refractivity contribution >= 4 is 18.1 Å². The first-order valence-corrected chi connectivity index (χ1v) is 7.55. The summed E-state index contributed by atoms with van der Waals surface area (Å²) in [5, 5.41) is 6.54. The minimum absolute atomic E-state index is 0.0112. The van der Waals surface area contributed by atoms with Gasteiger partial charge in [0.1, 0.15) is 0 Å². The minimum Gasteiger partial charge on any atom is -0.409 e. The van der Waals surface area contributed by atoms with Gasteiger partial charge in [0.2, 0.25) is 5.89 Å². The number of carbonyl (C=O) groups is 1. The number of rotatable bonds is 2. The molecular formula is C15H17N3O3S. The maximum absolute atomic E-state index is 12.6. The van der Waals surface area contributed by atoms with E-state index in [1.807, 2.05) is 18.7 Å². The van der Waals surface area contributed by atoms with Gasteiger partial charge in [-0.15, -0.1) is 5.10 Å². The quantitative estimate of drug-likeness (QED) is 0.862. The van der Waals surface area contributed by atoms with Crippen LogP contribution < -0.4 is 0 Å². The number of benzene rings is 1. The van der Waals surface area contributed by atoms with Crippen LogP contribution in [0.4, 0.5) is 0 Å². The van der Waals surface area contributed by atoms with Gasteiger partial charge in [-0.1, -0.05) is 0 Å². The number of aromatic amines is 1. The van der Waals surface area contributed by atoms with Crippen molar-refractivity contribution in [3.05, 3.63) is 34.7 Å². The number of H-pyrrole nitrogens is 1. The van der Waals surface area contributed by atoms with Crippen molar-refractivity contribution in [2.75, 3.05) is 13.2 Å².